The van der Waals surface area contributed by atoms with Crippen molar-refractivity contribution < 1.29 is 9.53 Å². The Bertz CT molecular complexity index is 1120. The van der Waals surface area contributed by atoms with E-state index >= 15 is 0 Å². The monoisotopic (exact) mass is 367 g/mol. The molecule has 0 saturated heterocycles. The summed E-state index contributed by atoms with van der Waals surface area (Å²) in [6, 6.07) is 11.6. The molecule has 0 radical (unpaired) electrons. The number of nitrogens with one attached hydrogen (secondary N) is 1. The Kier molecular flexibility index (Phi) is 4.84. The third kappa shape index (κ3) is 3.61. The highest BCUT2D eigenvalue weighted by molar-refractivity contribution is 6.01. The van der Waals surface area contributed by atoms with E-state index in [0.717, 1.165) is 9.25 Å². The van der Waals surface area contributed by atoms with E-state index in [0.29, 0.717) is 17.1 Å². The first-order valence-corrected chi connectivity index (χ1v) is 8.00. The number of carbonyl (C=O) groups excluding carboxylic acids is 1. The van der Waals surface area contributed by atoms with Gasteiger partial charge in [-0.1, -0.05) is 6.07 Å². The molecule has 1 aromatic carbocycles. The third-order valence-electron chi connectivity index (χ3n) is 3.84. The normalized spacial score (nSPS) is 10.5. The fraction of sp³-hybridized carbons (Fsp3) is 0.167. The molecule has 0 atom stereocenters. The number of anilines is 1. The van der Waals surface area contributed by atoms with E-state index in [1.807, 2.05) is 0 Å². The average Bonchev–Trinajstić information content (AvgIpc) is 2.66. The molecule has 2 heterocycles. The molecule has 138 valence electrons. The zero-order valence-corrected chi connectivity index (χ0v) is 15.0. The highest BCUT2D eigenvalue weighted by Crippen LogP contribution is 2.13. The number of carbonyl (C=O) groups is 1. The van der Waals surface area contributed by atoms with Crippen LogP contribution in [0.2, 0.25) is 0 Å². The zero-order valence-electron chi connectivity index (χ0n) is 15.0. The van der Waals surface area contributed by atoms with Crippen LogP contribution in [0.5, 0.6) is 5.75 Å². The average molecular weight is 367 g/mol. The van der Waals surface area contributed by atoms with Gasteiger partial charge in [0.05, 0.1) is 12.8 Å². The number of benzene rings is 1. The maximum Gasteiger partial charge on any atom is 0.351 e. The van der Waals surface area contributed by atoms with E-state index in [1.54, 1.807) is 49.4 Å². The molecule has 2 aromatic heterocycles. The number of hydrogen-bond acceptors (Lipinski definition) is 6. The van der Waals surface area contributed by atoms with Gasteiger partial charge >= 0.3 is 5.69 Å². The topological polar surface area (TPSA) is 108 Å². The first kappa shape index (κ1) is 18.1. The lowest BCUT2D eigenvalue weighted by Gasteiger charge is -2.10. The summed E-state index contributed by atoms with van der Waals surface area (Å²) >= 11 is 0. The van der Waals surface area contributed by atoms with E-state index in [1.165, 1.54) is 14.2 Å². The Morgan fingerprint density at radius 1 is 1.11 bits per heavy atom. The SMILES string of the molecule is COc1ccc(-n2nc(C(=O)Nc3cccc(C)n3)c(=O)n(C)c2=O)cc1. The van der Waals surface area contributed by atoms with E-state index in [4.69, 9.17) is 4.74 Å². The molecular weight excluding hydrogens is 350 g/mol. The Morgan fingerprint density at radius 2 is 1.81 bits per heavy atom. The molecule has 0 unspecified atom stereocenters. The summed E-state index contributed by atoms with van der Waals surface area (Å²) in [6.45, 7) is 1.77. The van der Waals surface area contributed by atoms with Crippen molar-refractivity contribution in [2.45, 2.75) is 6.92 Å². The van der Waals surface area contributed by atoms with Crippen LogP contribution in [0.1, 0.15) is 16.2 Å². The predicted octanol–water partition coefficient (Wildman–Crippen LogP) is 0.896. The van der Waals surface area contributed by atoms with Crippen LogP contribution in [0.25, 0.3) is 5.69 Å². The second-order valence-corrected chi connectivity index (χ2v) is 5.72. The maximum absolute atomic E-state index is 12.5. The van der Waals surface area contributed by atoms with Gasteiger partial charge in [0.2, 0.25) is 5.69 Å². The molecule has 0 aliphatic rings. The fourth-order valence-electron chi connectivity index (χ4n) is 2.40. The molecule has 9 heteroatoms. The van der Waals surface area contributed by atoms with Gasteiger partial charge in [-0.25, -0.2) is 9.78 Å². The number of rotatable bonds is 4. The lowest BCUT2D eigenvalue weighted by molar-refractivity contribution is 0.101. The molecule has 0 aliphatic carbocycles. The van der Waals surface area contributed by atoms with Crippen LogP contribution in [0.3, 0.4) is 0 Å². The predicted molar refractivity (Wildman–Crippen MR) is 98.6 cm³/mol. The van der Waals surface area contributed by atoms with Gasteiger partial charge in [0.15, 0.2) is 0 Å². The van der Waals surface area contributed by atoms with Gasteiger partial charge in [-0.15, -0.1) is 0 Å². The highest BCUT2D eigenvalue weighted by Gasteiger charge is 2.19. The van der Waals surface area contributed by atoms with Gasteiger partial charge in [-0.3, -0.25) is 14.2 Å². The summed E-state index contributed by atoms with van der Waals surface area (Å²) in [5.41, 5.74) is -0.794. The lowest BCUT2D eigenvalue weighted by atomic mass is 10.3. The van der Waals surface area contributed by atoms with Gasteiger partial charge in [0.1, 0.15) is 11.6 Å². The van der Waals surface area contributed by atoms with Gasteiger partial charge in [0.25, 0.3) is 11.5 Å². The number of ether oxygens (including phenoxy) is 1. The van der Waals surface area contributed by atoms with Crippen LogP contribution in [-0.4, -0.2) is 32.3 Å². The van der Waals surface area contributed by atoms with Crippen LogP contribution >= 0.6 is 0 Å². The maximum atomic E-state index is 12.5. The van der Waals surface area contributed by atoms with Crippen LogP contribution in [0, 0.1) is 6.92 Å². The molecule has 0 bridgehead atoms. The molecule has 27 heavy (non-hydrogen) atoms. The molecule has 0 spiro atoms. The minimum atomic E-state index is -0.796. The second kappa shape index (κ2) is 7.24. The molecule has 3 rings (SSSR count). The Morgan fingerprint density at radius 3 is 2.44 bits per heavy atom. The minimum absolute atomic E-state index is 0.283. The van der Waals surface area contributed by atoms with Gasteiger partial charge < -0.3 is 10.1 Å². The number of nitrogens with zero attached hydrogens (tertiary/aromatic N) is 4. The van der Waals surface area contributed by atoms with E-state index < -0.39 is 22.9 Å². The lowest BCUT2D eigenvalue weighted by Crippen LogP contribution is -2.43. The number of aryl methyl sites for hydroxylation is 1. The Labute approximate surface area is 153 Å². The van der Waals surface area contributed by atoms with Crippen molar-refractivity contribution in [2.75, 3.05) is 12.4 Å². The summed E-state index contributed by atoms with van der Waals surface area (Å²) in [7, 11) is 2.81. The van der Waals surface area contributed by atoms with Gasteiger partial charge in [0, 0.05) is 12.7 Å². The number of methoxy groups -OCH3 is 1. The molecule has 0 fully saturated rings. The van der Waals surface area contributed by atoms with Crippen LogP contribution in [-0.2, 0) is 7.05 Å². The van der Waals surface area contributed by atoms with E-state index in [-0.39, 0.29) is 5.82 Å². The molecule has 9 nitrogen and oxygen atoms in total. The fourth-order valence-corrected chi connectivity index (χ4v) is 2.40. The Balaban J connectivity index is 2.05. The molecular formula is C18H17N5O4. The summed E-state index contributed by atoms with van der Waals surface area (Å²) in [4.78, 5) is 41.5. The van der Waals surface area contributed by atoms with Gasteiger partial charge in [-0.2, -0.15) is 9.78 Å². The first-order valence-electron chi connectivity index (χ1n) is 8.00. The molecule has 0 aliphatic heterocycles. The Hall–Kier alpha value is -3.75. The molecule has 1 N–H and O–H groups in total. The van der Waals surface area contributed by atoms with Crippen molar-refractivity contribution in [2.24, 2.45) is 7.05 Å². The number of amides is 1. The number of hydrogen-bond donors (Lipinski definition) is 1. The van der Waals surface area contributed by atoms with E-state index in [9.17, 15) is 14.4 Å². The third-order valence-corrected chi connectivity index (χ3v) is 3.84. The van der Waals surface area contributed by atoms with Crippen molar-refractivity contribution in [3.8, 4) is 11.4 Å². The van der Waals surface area contributed by atoms with Crippen molar-refractivity contribution in [1.29, 1.82) is 0 Å². The van der Waals surface area contributed by atoms with Crippen molar-refractivity contribution in [3.63, 3.8) is 0 Å². The van der Waals surface area contributed by atoms with Crippen molar-refractivity contribution in [3.05, 3.63) is 74.7 Å². The number of pyridine rings is 1. The summed E-state index contributed by atoms with van der Waals surface area (Å²) < 4.78 is 6.90. The van der Waals surface area contributed by atoms with E-state index in [2.05, 4.69) is 15.4 Å². The smallest absolute Gasteiger partial charge is 0.351 e. The molecule has 1 amide bonds. The van der Waals surface area contributed by atoms with Crippen LogP contribution in [0.15, 0.2) is 52.1 Å². The quantitative estimate of drug-likeness (QED) is 0.734. The van der Waals surface area contributed by atoms with Crippen LogP contribution < -0.4 is 21.3 Å². The summed E-state index contributed by atoms with van der Waals surface area (Å²) in [5, 5.41) is 6.49. The van der Waals surface area contributed by atoms with Crippen molar-refractivity contribution in [1.82, 2.24) is 19.3 Å². The number of aromatic nitrogens is 4. The molecule has 3 aromatic rings. The van der Waals surface area contributed by atoms with Gasteiger partial charge in [-0.05, 0) is 43.3 Å². The zero-order chi connectivity index (χ0) is 19.6. The molecule has 0 saturated carbocycles. The standard InChI is InChI=1S/C18H17N5O4/c1-11-5-4-6-14(19-11)20-16(24)15-17(25)22(2)18(26)23(21-15)12-7-9-13(27-3)10-8-12/h4-10H,1-3H3,(H,19,20,24). The second-order valence-electron chi connectivity index (χ2n) is 5.72. The minimum Gasteiger partial charge on any atom is -0.497 e. The summed E-state index contributed by atoms with van der Waals surface area (Å²) in [6.07, 6.45) is 0. The largest absolute Gasteiger partial charge is 0.497 e. The first-order chi connectivity index (χ1) is 12.9. The summed E-state index contributed by atoms with van der Waals surface area (Å²) in [5.74, 6) is 0.127. The van der Waals surface area contributed by atoms with Crippen LogP contribution in [0.4, 0.5) is 5.82 Å². The van der Waals surface area contributed by atoms with Crippen molar-refractivity contribution >= 4 is 11.7 Å². The highest BCUT2D eigenvalue weighted by atomic mass is 16.5.